The van der Waals surface area contributed by atoms with Crippen LogP contribution in [0.3, 0.4) is 0 Å². The van der Waals surface area contributed by atoms with E-state index in [1.165, 1.54) is 0 Å². The predicted molar refractivity (Wildman–Crippen MR) is 65.1 cm³/mol. The third-order valence-corrected chi connectivity index (χ3v) is 3.26. The smallest absolute Gasteiger partial charge is 0.231 e. The zero-order valence-corrected chi connectivity index (χ0v) is 10.9. The molecule has 0 spiro atoms. The van der Waals surface area contributed by atoms with Gasteiger partial charge in [-0.3, -0.25) is 4.79 Å². The maximum absolute atomic E-state index is 11.8. The van der Waals surface area contributed by atoms with E-state index in [1.54, 1.807) is 32.2 Å². The first-order chi connectivity index (χ1) is 6.97. The van der Waals surface area contributed by atoms with Crippen LogP contribution in [0.5, 0.6) is 0 Å². The Morgan fingerprint density at radius 1 is 1.67 bits per heavy atom. The van der Waals surface area contributed by atoms with Gasteiger partial charge in [0.1, 0.15) is 4.60 Å². The van der Waals surface area contributed by atoms with Crippen molar-refractivity contribution in [1.82, 2.24) is 4.98 Å². The van der Waals surface area contributed by atoms with Crippen LogP contribution in [-0.4, -0.2) is 16.8 Å². The van der Waals surface area contributed by atoms with Gasteiger partial charge < -0.3 is 5.32 Å². The van der Waals surface area contributed by atoms with E-state index in [0.717, 1.165) is 0 Å². The third-order valence-electron chi connectivity index (χ3n) is 1.96. The average molecular weight is 292 g/mol. The number of anilines is 1. The van der Waals surface area contributed by atoms with Gasteiger partial charge in [-0.25, -0.2) is 4.98 Å². The van der Waals surface area contributed by atoms with Gasteiger partial charge in [0, 0.05) is 12.1 Å². The SMILES string of the molecule is CC(C)(CCl)C(=O)Nc1cccnc1Br. The van der Waals surface area contributed by atoms with Gasteiger partial charge in [-0.05, 0) is 41.9 Å². The van der Waals surface area contributed by atoms with Crippen molar-refractivity contribution in [3.63, 3.8) is 0 Å². The molecule has 0 aliphatic rings. The summed E-state index contributed by atoms with van der Waals surface area (Å²) in [4.78, 5) is 15.8. The van der Waals surface area contributed by atoms with Gasteiger partial charge in [-0.15, -0.1) is 11.6 Å². The molecule has 1 aromatic rings. The molecule has 1 heterocycles. The molecule has 0 saturated carbocycles. The number of hydrogen-bond acceptors (Lipinski definition) is 2. The zero-order chi connectivity index (χ0) is 11.5. The monoisotopic (exact) mass is 290 g/mol. The van der Waals surface area contributed by atoms with Crippen molar-refractivity contribution in [3.8, 4) is 0 Å². The van der Waals surface area contributed by atoms with Crippen molar-refractivity contribution in [3.05, 3.63) is 22.9 Å². The Bertz CT molecular complexity index is 368. The number of rotatable bonds is 3. The first kappa shape index (κ1) is 12.5. The van der Waals surface area contributed by atoms with E-state index in [0.29, 0.717) is 10.3 Å². The number of nitrogens with zero attached hydrogens (tertiary/aromatic N) is 1. The summed E-state index contributed by atoms with van der Waals surface area (Å²) in [6.45, 7) is 3.58. The standard InChI is InChI=1S/C10H12BrClN2O/c1-10(2,6-12)9(15)14-7-4-3-5-13-8(7)11/h3-5H,6H2,1-2H3,(H,14,15). The highest BCUT2D eigenvalue weighted by atomic mass is 79.9. The van der Waals surface area contributed by atoms with Crippen molar-refractivity contribution in [2.45, 2.75) is 13.8 Å². The molecule has 15 heavy (non-hydrogen) atoms. The number of halogens is 2. The molecule has 0 aliphatic carbocycles. The summed E-state index contributed by atoms with van der Waals surface area (Å²) < 4.78 is 0.615. The molecule has 1 rings (SSSR count). The van der Waals surface area contributed by atoms with Crippen molar-refractivity contribution < 1.29 is 4.79 Å². The number of alkyl halides is 1. The highest BCUT2D eigenvalue weighted by molar-refractivity contribution is 9.10. The van der Waals surface area contributed by atoms with Gasteiger partial charge in [-0.1, -0.05) is 0 Å². The van der Waals surface area contributed by atoms with E-state index in [-0.39, 0.29) is 11.8 Å². The first-order valence-electron chi connectivity index (χ1n) is 4.45. The Labute approximate surface area is 102 Å². The minimum absolute atomic E-state index is 0.119. The van der Waals surface area contributed by atoms with E-state index < -0.39 is 5.41 Å². The summed E-state index contributed by atoms with van der Waals surface area (Å²) in [6, 6.07) is 3.54. The molecular weight excluding hydrogens is 279 g/mol. The van der Waals surface area contributed by atoms with Gasteiger partial charge in [0.25, 0.3) is 0 Å². The lowest BCUT2D eigenvalue weighted by Gasteiger charge is -2.20. The molecule has 5 heteroatoms. The minimum Gasteiger partial charge on any atom is -0.323 e. The van der Waals surface area contributed by atoms with Crippen molar-refractivity contribution >= 4 is 39.1 Å². The number of carbonyl (C=O) groups is 1. The quantitative estimate of drug-likeness (QED) is 0.687. The number of aromatic nitrogens is 1. The lowest BCUT2D eigenvalue weighted by atomic mass is 9.95. The average Bonchev–Trinajstić information content (AvgIpc) is 2.21. The van der Waals surface area contributed by atoms with Crippen LogP contribution >= 0.6 is 27.5 Å². The molecule has 0 radical (unpaired) electrons. The van der Waals surface area contributed by atoms with E-state index in [1.807, 2.05) is 0 Å². The Morgan fingerprint density at radius 2 is 2.33 bits per heavy atom. The highest BCUT2D eigenvalue weighted by Crippen LogP contribution is 2.23. The van der Waals surface area contributed by atoms with Crippen molar-refractivity contribution in [2.75, 3.05) is 11.2 Å². The first-order valence-corrected chi connectivity index (χ1v) is 5.78. The van der Waals surface area contributed by atoms with E-state index in [9.17, 15) is 4.79 Å². The topological polar surface area (TPSA) is 42.0 Å². The second-order valence-corrected chi connectivity index (χ2v) is 4.83. The van der Waals surface area contributed by atoms with Crippen LogP contribution in [0.2, 0.25) is 0 Å². The second kappa shape index (κ2) is 4.94. The van der Waals surface area contributed by atoms with Crippen LogP contribution in [0, 0.1) is 5.41 Å². The fourth-order valence-electron chi connectivity index (χ4n) is 0.831. The number of hydrogen-bond donors (Lipinski definition) is 1. The van der Waals surface area contributed by atoms with Crippen LogP contribution in [0.1, 0.15) is 13.8 Å². The molecule has 0 fully saturated rings. The van der Waals surface area contributed by atoms with Crippen LogP contribution < -0.4 is 5.32 Å². The van der Waals surface area contributed by atoms with Gasteiger partial charge >= 0.3 is 0 Å². The predicted octanol–water partition coefficient (Wildman–Crippen LogP) is 3.05. The molecule has 0 aromatic carbocycles. The molecule has 3 nitrogen and oxygen atoms in total. The number of nitrogens with one attached hydrogen (secondary N) is 1. The molecule has 0 bridgehead atoms. The second-order valence-electron chi connectivity index (χ2n) is 3.81. The maximum atomic E-state index is 11.8. The van der Waals surface area contributed by atoms with Gasteiger partial charge in [0.2, 0.25) is 5.91 Å². The Kier molecular flexibility index (Phi) is 4.11. The molecule has 0 atom stereocenters. The largest absolute Gasteiger partial charge is 0.323 e. The third kappa shape index (κ3) is 3.18. The number of carbonyl (C=O) groups excluding carboxylic acids is 1. The molecule has 0 unspecified atom stereocenters. The summed E-state index contributed by atoms with van der Waals surface area (Å²) in [7, 11) is 0. The molecule has 0 aliphatic heterocycles. The minimum atomic E-state index is -0.586. The van der Waals surface area contributed by atoms with Crippen molar-refractivity contribution in [2.24, 2.45) is 5.41 Å². The Balaban J connectivity index is 2.80. The number of pyridine rings is 1. The van der Waals surface area contributed by atoms with Gasteiger partial charge in [0.15, 0.2) is 0 Å². The highest BCUT2D eigenvalue weighted by Gasteiger charge is 2.26. The lowest BCUT2D eigenvalue weighted by Crippen LogP contribution is -2.32. The molecule has 82 valence electrons. The van der Waals surface area contributed by atoms with Gasteiger partial charge in [0.05, 0.1) is 11.1 Å². The molecular formula is C10H12BrClN2O. The van der Waals surface area contributed by atoms with Crippen molar-refractivity contribution in [1.29, 1.82) is 0 Å². The van der Waals surface area contributed by atoms with Crippen LogP contribution in [0.15, 0.2) is 22.9 Å². The molecule has 1 aromatic heterocycles. The summed E-state index contributed by atoms with van der Waals surface area (Å²) in [5.74, 6) is 0.155. The van der Waals surface area contributed by atoms with E-state index in [4.69, 9.17) is 11.6 Å². The normalized spacial score (nSPS) is 11.2. The maximum Gasteiger partial charge on any atom is 0.231 e. The summed E-state index contributed by atoms with van der Waals surface area (Å²) >= 11 is 8.96. The Morgan fingerprint density at radius 3 is 2.87 bits per heavy atom. The van der Waals surface area contributed by atoms with Crippen LogP contribution in [0.4, 0.5) is 5.69 Å². The van der Waals surface area contributed by atoms with Gasteiger partial charge in [-0.2, -0.15) is 0 Å². The molecule has 0 saturated heterocycles. The van der Waals surface area contributed by atoms with Crippen LogP contribution in [0.25, 0.3) is 0 Å². The molecule has 1 amide bonds. The summed E-state index contributed by atoms with van der Waals surface area (Å²) in [6.07, 6.45) is 1.65. The van der Waals surface area contributed by atoms with E-state index in [2.05, 4.69) is 26.2 Å². The molecule has 1 N–H and O–H groups in total. The summed E-state index contributed by atoms with van der Waals surface area (Å²) in [5, 5.41) is 2.77. The fourth-order valence-corrected chi connectivity index (χ4v) is 1.30. The van der Waals surface area contributed by atoms with E-state index >= 15 is 0 Å². The van der Waals surface area contributed by atoms with Crippen LogP contribution in [-0.2, 0) is 4.79 Å². The number of amides is 1. The summed E-state index contributed by atoms with van der Waals surface area (Å²) in [5.41, 5.74) is 0.0669. The Hall–Kier alpha value is -0.610. The zero-order valence-electron chi connectivity index (χ0n) is 8.55. The fraction of sp³-hybridized carbons (Fsp3) is 0.400. The lowest BCUT2D eigenvalue weighted by molar-refractivity contribution is -0.122.